The zero-order valence-corrected chi connectivity index (χ0v) is 34.4. The van der Waals surface area contributed by atoms with Crippen molar-refractivity contribution in [1.82, 2.24) is 20.5 Å². The maximum absolute atomic E-state index is 13.1. The van der Waals surface area contributed by atoms with Crippen LogP contribution in [0, 0.1) is 0 Å². The van der Waals surface area contributed by atoms with Crippen molar-refractivity contribution in [2.24, 2.45) is 0 Å². The quantitative estimate of drug-likeness (QED) is 0.0639. The first-order chi connectivity index (χ1) is 29.7. The van der Waals surface area contributed by atoms with Crippen molar-refractivity contribution in [3.05, 3.63) is 160 Å². The number of carbonyl (C=O) groups is 3. The van der Waals surface area contributed by atoms with Gasteiger partial charge in [0.05, 0.1) is 11.2 Å². The van der Waals surface area contributed by atoms with Crippen LogP contribution < -0.4 is 26.4 Å². The molecule has 1 aromatic heterocycles. The zero-order chi connectivity index (χ0) is 42.6. The summed E-state index contributed by atoms with van der Waals surface area (Å²) in [6.45, 7) is 3.96. The lowest BCUT2D eigenvalue weighted by atomic mass is 10.0. The molecule has 1 aliphatic heterocycles. The highest BCUT2D eigenvalue weighted by atomic mass is 16.6. The number of hydrogen-bond donors (Lipinski definition) is 5. The molecule has 7 rings (SSSR count). The number of H-pyrrole nitrogens is 1. The fourth-order valence-electron chi connectivity index (χ4n) is 7.68. The number of carbonyl (C=O) groups excluding carboxylic acids is 3. The number of anilines is 2. The van der Waals surface area contributed by atoms with E-state index in [1.54, 1.807) is 48.3 Å². The summed E-state index contributed by atoms with van der Waals surface area (Å²) in [5, 5.41) is 20.4. The fourth-order valence-corrected chi connectivity index (χ4v) is 7.68. The first-order valence-corrected chi connectivity index (χ1v) is 20.8. The highest BCUT2D eigenvalue weighted by molar-refractivity contribution is 5.96. The summed E-state index contributed by atoms with van der Waals surface area (Å²) in [6, 6.07) is 39.5. The van der Waals surface area contributed by atoms with Gasteiger partial charge in [0, 0.05) is 67.9 Å². The van der Waals surface area contributed by atoms with E-state index in [2.05, 4.69) is 38.0 Å². The van der Waals surface area contributed by atoms with Gasteiger partial charge in [-0.3, -0.25) is 19.7 Å². The Morgan fingerprint density at radius 3 is 2.36 bits per heavy atom. The second kappa shape index (κ2) is 20.5. The summed E-state index contributed by atoms with van der Waals surface area (Å²) in [5.74, 6) is -0.155. The number of benzene rings is 5. The molecule has 1 saturated heterocycles. The molecule has 0 radical (unpaired) electrons. The van der Waals surface area contributed by atoms with Crippen molar-refractivity contribution in [3.63, 3.8) is 0 Å². The third kappa shape index (κ3) is 11.5. The average Bonchev–Trinajstić information content (AvgIpc) is 3.29. The van der Waals surface area contributed by atoms with E-state index < -0.39 is 6.09 Å². The minimum atomic E-state index is -0.468. The Labute approximate surface area is 355 Å². The molecule has 61 heavy (non-hydrogen) atoms. The lowest BCUT2D eigenvalue weighted by Gasteiger charge is -2.31. The smallest absolute Gasteiger partial charge is 0.411 e. The van der Waals surface area contributed by atoms with Crippen LogP contribution in [0.1, 0.15) is 46.3 Å². The molecule has 0 unspecified atom stereocenters. The second-order valence-corrected chi connectivity index (χ2v) is 15.3. The van der Waals surface area contributed by atoms with Crippen LogP contribution in [0.25, 0.3) is 22.0 Å². The topological polar surface area (TPSA) is 156 Å². The molecule has 12 nitrogen and oxygen atoms in total. The van der Waals surface area contributed by atoms with Crippen LogP contribution >= 0.6 is 0 Å². The third-order valence-electron chi connectivity index (χ3n) is 11.2. The molecule has 0 saturated carbocycles. The highest BCUT2D eigenvalue weighted by Crippen LogP contribution is 2.28. The fraction of sp³-hybridized carbons (Fsp3) is 0.265. The van der Waals surface area contributed by atoms with Crippen LogP contribution in [0.15, 0.2) is 132 Å². The zero-order valence-electron chi connectivity index (χ0n) is 34.4. The number of ether oxygens (including phenoxy) is 1. The Kier molecular flexibility index (Phi) is 14.2. The molecule has 3 amide bonds. The Morgan fingerprint density at radius 1 is 0.820 bits per heavy atom. The molecule has 5 aromatic carbocycles. The number of nitrogens with zero attached hydrogens (tertiary/aromatic N) is 2. The van der Waals surface area contributed by atoms with Crippen molar-refractivity contribution in [2.45, 2.75) is 44.8 Å². The van der Waals surface area contributed by atoms with Gasteiger partial charge in [0.25, 0.3) is 5.91 Å². The molecule has 6 aromatic rings. The second-order valence-electron chi connectivity index (χ2n) is 15.3. The van der Waals surface area contributed by atoms with Crippen molar-refractivity contribution in [3.8, 4) is 16.9 Å². The van der Waals surface area contributed by atoms with Crippen LogP contribution in [0.2, 0.25) is 0 Å². The van der Waals surface area contributed by atoms with E-state index in [0.29, 0.717) is 54.8 Å². The van der Waals surface area contributed by atoms with E-state index in [-0.39, 0.29) is 29.2 Å². The molecule has 2 heterocycles. The van der Waals surface area contributed by atoms with Gasteiger partial charge in [-0.15, -0.1) is 0 Å². The van der Waals surface area contributed by atoms with Crippen molar-refractivity contribution >= 4 is 40.2 Å². The SMILES string of the molecule is CN(C(=O)CCN1CCC(OC(=O)Nc2ccccc2-c2ccccc2)CC1)c1ccc(C(=O)NCc2cccc(CCNCCc3ccc(O)c4[nH]c(=O)ccc34)c2)cc1. The van der Waals surface area contributed by atoms with E-state index in [1.807, 2.05) is 72.8 Å². The lowest BCUT2D eigenvalue weighted by Crippen LogP contribution is -2.40. The maximum Gasteiger partial charge on any atom is 0.411 e. The predicted molar refractivity (Wildman–Crippen MR) is 240 cm³/mol. The van der Waals surface area contributed by atoms with Gasteiger partial charge < -0.3 is 35.3 Å². The number of amides is 3. The first kappa shape index (κ1) is 42.4. The summed E-state index contributed by atoms with van der Waals surface area (Å²) < 4.78 is 5.78. The van der Waals surface area contributed by atoms with Gasteiger partial charge in [0.2, 0.25) is 11.5 Å². The predicted octanol–water partition coefficient (Wildman–Crippen LogP) is 7.27. The number of phenols is 1. The number of likely N-dealkylation sites (tertiary alicyclic amines) is 1. The number of piperidine rings is 1. The molecule has 1 aliphatic rings. The number of para-hydroxylation sites is 1. The van der Waals surface area contributed by atoms with Crippen LogP contribution in [-0.4, -0.2) is 78.8 Å². The van der Waals surface area contributed by atoms with Crippen LogP contribution in [0.4, 0.5) is 16.2 Å². The van der Waals surface area contributed by atoms with E-state index in [0.717, 1.165) is 72.2 Å². The van der Waals surface area contributed by atoms with Gasteiger partial charge in [-0.25, -0.2) is 4.79 Å². The van der Waals surface area contributed by atoms with Gasteiger partial charge >= 0.3 is 6.09 Å². The van der Waals surface area contributed by atoms with Gasteiger partial charge in [-0.1, -0.05) is 78.9 Å². The van der Waals surface area contributed by atoms with Crippen molar-refractivity contribution in [2.75, 3.05) is 50.0 Å². The molecule has 12 heteroatoms. The number of nitrogens with one attached hydrogen (secondary N) is 4. The number of aromatic nitrogens is 1. The number of hydrogen-bond acceptors (Lipinski definition) is 8. The number of phenolic OH excluding ortho intramolecular Hbond substituents is 1. The van der Waals surface area contributed by atoms with E-state index >= 15 is 0 Å². The van der Waals surface area contributed by atoms with Crippen LogP contribution in [-0.2, 0) is 28.9 Å². The normalized spacial score (nSPS) is 13.1. The molecule has 314 valence electrons. The third-order valence-corrected chi connectivity index (χ3v) is 11.2. The molecule has 1 fully saturated rings. The maximum atomic E-state index is 13.1. The van der Waals surface area contributed by atoms with Gasteiger partial charge in [-0.2, -0.15) is 0 Å². The average molecular weight is 821 g/mol. The van der Waals surface area contributed by atoms with Gasteiger partial charge in [0.1, 0.15) is 11.9 Å². The Balaban J connectivity index is 0.789. The van der Waals surface area contributed by atoms with E-state index in [4.69, 9.17) is 4.74 Å². The number of pyridine rings is 1. The lowest BCUT2D eigenvalue weighted by molar-refractivity contribution is -0.118. The number of aromatic amines is 1. The minimum absolute atomic E-state index is 0.0216. The Bertz CT molecular complexity index is 2500. The van der Waals surface area contributed by atoms with E-state index in [1.165, 1.54) is 6.07 Å². The number of rotatable bonds is 16. The molecular formula is C49H52N6O6. The molecule has 0 spiro atoms. The van der Waals surface area contributed by atoms with Crippen LogP contribution in [0.3, 0.4) is 0 Å². The summed E-state index contributed by atoms with van der Waals surface area (Å²) in [6.07, 6.45) is 2.63. The molecule has 5 N–H and O–H groups in total. The summed E-state index contributed by atoms with van der Waals surface area (Å²) in [4.78, 5) is 57.2. The Morgan fingerprint density at radius 2 is 1.56 bits per heavy atom. The summed E-state index contributed by atoms with van der Waals surface area (Å²) in [5.41, 5.74) is 7.28. The van der Waals surface area contributed by atoms with E-state index in [9.17, 15) is 24.3 Å². The minimum Gasteiger partial charge on any atom is -0.506 e. The summed E-state index contributed by atoms with van der Waals surface area (Å²) >= 11 is 0. The van der Waals surface area contributed by atoms with Crippen molar-refractivity contribution in [1.29, 1.82) is 0 Å². The molecule has 0 aliphatic carbocycles. The largest absolute Gasteiger partial charge is 0.506 e. The standard InChI is InChI=1S/C49H52N6O6/c1-54(46(58)26-31-55-29-24-40(25-30-55)61-49(60)52-43-13-6-5-12-41(43)36-10-3-2-4-11-36)39-17-14-38(15-18-39)48(59)51-33-35-9-7-8-34(32-35)22-27-50-28-23-37-16-20-44(56)47-42(37)19-21-45(57)53-47/h2-21,32,40,50,56H,22-31,33H2,1H3,(H,51,59)(H,52,60)(H,53,57). The molecule has 0 bridgehead atoms. The number of aromatic hydroxyl groups is 1. The van der Waals surface area contributed by atoms with Gasteiger partial charge in [-0.05, 0) is 103 Å². The Hall–Kier alpha value is -6.76. The van der Waals surface area contributed by atoms with Crippen molar-refractivity contribution < 1.29 is 24.2 Å². The van der Waals surface area contributed by atoms with Crippen LogP contribution in [0.5, 0.6) is 5.75 Å². The summed E-state index contributed by atoms with van der Waals surface area (Å²) in [7, 11) is 1.75. The molecule has 0 atom stereocenters. The monoisotopic (exact) mass is 820 g/mol. The number of fused-ring (bicyclic) bond motifs is 1. The van der Waals surface area contributed by atoms with Gasteiger partial charge in [0.15, 0.2) is 0 Å². The molecular weight excluding hydrogens is 769 g/mol. The first-order valence-electron chi connectivity index (χ1n) is 20.8. The highest BCUT2D eigenvalue weighted by Gasteiger charge is 2.24.